The normalized spacial score (nSPS) is 12.2. The van der Waals surface area contributed by atoms with Crippen molar-refractivity contribution < 1.29 is 13.2 Å². The number of halogens is 2. The summed E-state index contributed by atoms with van der Waals surface area (Å²) in [6.45, 7) is 6.29. The Bertz CT molecular complexity index is 956. The monoisotopic (exact) mass is 551 g/mol. The van der Waals surface area contributed by atoms with Crippen molar-refractivity contribution in [1.29, 1.82) is 0 Å². The van der Waals surface area contributed by atoms with E-state index in [0.717, 1.165) is 5.56 Å². The highest BCUT2D eigenvalue weighted by Gasteiger charge is 2.17. The Morgan fingerprint density at radius 1 is 1.17 bits per heavy atom. The third kappa shape index (κ3) is 7.35. The van der Waals surface area contributed by atoms with Gasteiger partial charge in [-0.25, -0.2) is 8.42 Å². The van der Waals surface area contributed by atoms with Gasteiger partial charge in [0.15, 0.2) is 15.8 Å². The average Bonchev–Trinajstić information content (AvgIpc) is 2.61. The van der Waals surface area contributed by atoms with Gasteiger partial charge in [0.25, 0.3) is 0 Å². The molecule has 2 aromatic rings. The zero-order valence-corrected chi connectivity index (χ0v) is 20.8. The maximum Gasteiger partial charge on any atom is 0.193 e. The predicted molar refractivity (Wildman–Crippen MR) is 131 cm³/mol. The van der Waals surface area contributed by atoms with Crippen LogP contribution in [0, 0.1) is 0 Å². The van der Waals surface area contributed by atoms with Crippen LogP contribution in [0.1, 0.15) is 26.3 Å². The molecule has 3 N–H and O–H groups in total. The molecule has 0 saturated carbocycles. The number of anilines is 1. The molecule has 0 saturated heterocycles. The van der Waals surface area contributed by atoms with Crippen molar-refractivity contribution >= 4 is 57.1 Å². The van der Waals surface area contributed by atoms with Crippen LogP contribution < -0.4 is 15.8 Å². The first-order valence-electron chi connectivity index (χ1n) is 8.77. The van der Waals surface area contributed by atoms with E-state index in [4.69, 9.17) is 22.1 Å². The number of ether oxygens (including phenoxy) is 1. The van der Waals surface area contributed by atoms with Crippen LogP contribution >= 0.6 is 35.6 Å². The lowest BCUT2D eigenvalue weighted by atomic mass is 9.87. The minimum absolute atomic E-state index is 0. The van der Waals surface area contributed by atoms with E-state index in [-0.39, 0.29) is 52.5 Å². The molecule has 2 aromatic carbocycles. The molecule has 0 aromatic heterocycles. The number of sulfone groups is 1. The summed E-state index contributed by atoms with van der Waals surface area (Å²) in [6.07, 6.45) is 0. The fourth-order valence-corrected chi connectivity index (χ4v) is 3.87. The van der Waals surface area contributed by atoms with Gasteiger partial charge >= 0.3 is 0 Å². The minimum atomic E-state index is -3.43. The highest BCUT2D eigenvalue weighted by molar-refractivity contribution is 14.0. The maximum absolute atomic E-state index is 12.5. The average molecular weight is 552 g/mol. The van der Waals surface area contributed by atoms with Crippen molar-refractivity contribution in [2.24, 2.45) is 10.7 Å². The molecule has 6 nitrogen and oxygen atoms in total. The molecule has 0 atom stereocenters. The van der Waals surface area contributed by atoms with Crippen molar-refractivity contribution in [2.45, 2.75) is 31.1 Å². The number of rotatable bonds is 6. The predicted octanol–water partition coefficient (Wildman–Crippen LogP) is 4.46. The fraction of sp³-hybridized carbons (Fsp3) is 0.350. The third-order valence-electron chi connectivity index (χ3n) is 4.15. The van der Waals surface area contributed by atoms with E-state index in [1.807, 2.05) is 12.1 Å². The first-order valence-corrected chi connectivity index (χ1v) is 10.8. The Balaban J connectivity index is 0.00000420. The fourth-order valence-electron chi connectivity index (χ4n) is 2.50. The molecule has 0 unspecified atom stereocenters. The molecular formula is C20H27ClIN3O3S. The van der Waals surface area contributed by atoms with E-state index in [9.17, 15) is 8.42 Å². The van der Waals surface area contributed by atoms with E-state index < -0.39 is 9.84 Å². The van der Waals surface area contributed by atoms with Crippen LogP contribution in [0.2, 0.25) is 5.02 Å². The Morgan fingerprint density at radius 3 is 2.31 bits per heavy atom. The van der Waals surface area contributed by atoms with Crippen LogP contribution in [0.3, 0.4) is 0 Å². The summed E-state index contributed by atoms with van der Waals surface area (Å²) in [6, 6.07) is 12.1. The molecule has 29 heavy (non-hydrogen) atoms. The van der Waals surface area contributed by atoms with Gasteiger partial charge in [0.05, 0.1) is 29.3 Å². The second kappa shape index (κ2) is 10.5. The first kappa shape index (κ1) is 25.5. The van der Waals surface area contributed by atoms with Gasteiger partial charge in [0, 0.05) is 5.69 Å². The molecule has 9 heteroatoms. The number of guanidine groups is 1. The lowest BCUT2D eigenvalue weighted by molar-refractivity contribution is 0.415. The number of methoxy groups -OCH3 is 1. The third-order valence-corrected chi connectivity index (χ3v) is 6.15. The summed E-state index contributed by atoms with van der Waals surface area (Å²) >= 11 is 6.06. The Labute approximate surface area is 194 Å². The van der Waals surface area contributed by atoms with Gasteiger partial charge in [-0.3, -0.25) is 4.99 Å². The number of nitrogens with zero attached hydrogens (tertiary/aromatic N) is 1. The highest BCUT2D eigenvalue weighted by atomic mass is 127. The smallest absolute Gasteiger partial charge is 0.193 e. The molecule has 160 valence electrons. The van der Waals surface area contributed by atoms with Crippen LogP contribution in [-0.4, -0.2) is 33.8 Å². The number of hydrogen-bond donors (Lipinski definition) is 2. The van der Waals surface area contributed by atoms with E-state index in [0.29, 0.717) is 16.5 Å². The molecule has 0 amide bonds. The van der Waals surface area contributed by atoms with Gasteiger partial charge in [0.1, 0.15) is 5.75 Å². The van der Waals surface area contributed by atoms with Gasteiger partial charge in [-0.15, -0.1) is 24.0 Å². The van der Waals surface area contributed by atoms with Crippen molar-refractivity contribution in [3.8, 4) is 5.75 Å². The lowest BCUT2D eigenvalue weighted by Gasteiger charge is -2.19. The van der Waals surface area contributed by atoms with Gasteiger partial charge in [-0.1, -0.05) is 44.5 Å². The summed E-state index contributed by atoms with van der Waals surface area (Å²) < 4.78 is 30.1. The molecule has 0 spiro atoms. The van der Waals surface area contributed by atoms with E-state index in [1.165, 1.54) is 7.11 Å². The van der Waals surface area contributed by atoms with Crippen LogP contribution in [0.4, 0.5) is 5.69 Å². The molecule has 0 heterocycles. The second-order valence-corrected chi connectivity index (χ2v) is 9.85. The van der Waals surface area contributed by atoms with Crippen LogP contribution in [0.5, 0.6) is 5.75 Å². The SMILES string of the molecule is COc1ccc(NC(N)=NCCS(=O)(=O)c2ccc(C(C)(C)C)cc2)cc1Cl.I. The Kier molecular flexibility index (Phi) is 9.23. The van der Waals surface area contributed by atoms with Crippen molar-refractivity contribution in [2.75, 3.05) is 24.7 Å². The summed E-state index contributed by atoms with van der Waals surface area (Å²) in [7, 11) is -1.91. The quantitative estimate of drug-likeness (QED) is 0.314. The molecule has 0 aliphatic heterocycles. The largest absolute Gasteiger partial charge is 0.495 e. The molecule has 0 aliphatic carbocycles. The Hall–Kier alpha value is -1.52. The van der Waals surface area contributed by atoms with E-state index in [2.05, 4.69) is 31.1 Å². The summed E-state index contributed by atoms with van der Waals surface area (Å²) in [5.74, 6) is 0.527. The maximum atomic E-state index is 12.5. The lowest BCUT2D eigenvalue weighted by Crippen LogP contribution is -2.24. The molecule has 0 bridgehead atoms. The molecule has 0 radical (unpaired) electrons. The van der Waals surface area contributed by atoms with Gasteiger partial charge in [-0.05, 0) is 41.3 Å². The summed E-state index contributed by atoms with van der Waals surface area (Å²) in [5.41, 5.74) is 7.51. The topological polar surface area (TPSA) is 93.8 Å². The molecule has 0 fully saturated rings. The first-order chi connectivity index (χ1) is 13.0. The number of nitrogens with two attached hydrogens (primary N) is 1. The second-order valence-electron chi connectivity index (χ2n) is 7.33. The zero-order valence-electron chi connectivity index (χ0n) is 16.9. The number of benzene rings is 2. The number of aliphatic imine (C=N–C) groups is 1. The highest BCUT2D eigenvalue weighted by Crippen LogP contribution is 2.27. The molecule has 2 rings (SSSR count). The number of nitrogens with one attached hydrogen (secondary N) is 1. The molecular weight excluding hydrogens is 525 g/mol. The summed E-state index contributed by atoms with van der Waals surface area (Å²) in [4.78, 5) is 4.37. The van der Waals surface area contributed by atoms with Gasteiger partial charge in [-0.2, -0.15) is 0 Å². The Morgan fingerprint density at radius 2 is 1.79 bits per heavy atom. The van der Waals surface area contributed by atoms with E-state index >= 15 is 0 Å². The molecule has 0 aliphatic rings. The zero-order chi connectivity index (χ0) is 20.9. The minimum Gasteiger partial charge on any atom is -0.495 e. The van der Waals surface area contributed by atoms with E-state index in [1.54, 1.807) is 30.3 Å². The van der Waals surface area contributed by atoms with Gasteiger partial charge in [0.2, 0.25) is 0 Å². The van der Waals surface area contributed by atoms with Crippen LogP contribution in [0.25, 0.3) is 0 Å². The van der Waals surface area contributed by atoms with Crippen molar-refractivity contribution in [3.05, 3.63) is 53.1 Å². The van der Waals surface area contributed by atoms with Crippen molar-refractivity contribution in [3.63, 3.8) is 0 Å². The summed E-state index contributed by atoms with van der Waals surface area (Å²) in [5, 5.41) is 3.31. The van der Waals surface area contributed by atoms with Gasteiger partial charge < -0.3 is 15.8 Å². The standard InChI is InChI=1S/C20H26ClN3O3S.HI/c1-20(2,3)14-5-8-16(9-6-14)28(25,26)12-11-23-19(22)24-15-7-10-18(27-4)17(21)13-15;/h5-10,13H,11-12H2,1-4H3,(H3,22,23,24);1H. The van der Waals surface area contributed by atoms with Crippen molar-refractivity contribution in [1.82, 2.24) is 0 Å². The van der Waals surface area contributed by atoms with Crippen LogP contribution in [-0.2, 0) is 15.3 Å². The van der Waals surface area contributed by atoms with Crippen LogP contribution in [0.15, 0.2) is 52.4 Å². The number of hydrogen-bond acceptors (Lipinski definition) is 4.